The molecule has 5 nitrogen and oxygen atoms in total. The second-order valence-electron chi connectivity index (χ2n) is 6.79. The van der Waals surface area contributed by atoms with Crippen LogP contribution in [0.1, 0.15) is 24.8 Å². The van der Waals surface area contributed by atoms with Gasteiger partial charge in [-0.25, -0.2) is 17.5 Å². The molecule has 0 saturated carbocycles. The van der Waals surface area contributed by atoms with E-state index in [1.165, 1.54) is 24.3 Å². The molecule has 27 heavy (non-hydrogen) atoms. The standard InChI is InChI=1S/C19H26FN3O2S2/c1-3-22-10-12-23(13-11-22)19(18-5-4-14-26-18)15(2)21-27(24,25)17-8-6-16(20)7-9-17/h4-9,14-15,19,21H,3,10-13H2,1-2H3/t15-,19+/m0/s1. The summed E-state index contributed by atoms with van der Waals surface area (Å²) in [5, 5.41) is 2.02. The van der Waals surface area contributed by atoms with Crippen molar-refractivity contribution in [2.24, 2.45) is 0 Å². The lowest BCUT2D eigenvalue weighted by atomic mass is 10.1. The Morgan fingerprint density at radius 2 is 1.81 bits per heavy atom. The fraction of sp³-hybridized carbons (Fsp3) is 0.474. The fourth-order valence-corrected chi connectivity index (χ4v) is 5.76. The van der Waals surface area contributed by atoms with E-state index < -0.39 is 15.8 Å². The monoisotopic (exact) mass is 411 g/mol. The molecule has 3 rings (SSSR count). The quantitative estimate of drug-likeness (QED) is 0.761. The Morgan fingerprint density at radius 3 is 2.37 bits per heavy atom. The molecule has 0 amide bonds. The predicted octanol–water partition coefficient (Wildman–Crippen LogP) is 2.93. The van der Waals surface area contributed by atoms with Gasteiger partial charge in [-0.2, -0.15) is 0 Å². The highest BCUT2D eigenvalue weighted by atomic mass is 32.2. The summed E-state index contributed by atoms with van der Waals surface area (Å²) < 4.78 is 41.4. The van der Waals surface area contributed by atoms with Gasteiger partial charge in [-0.1, -0.05) is 13.0 Å². The average molecular weight is 412 g/mol. The number of hydrogen-bond acceptors (Lipinski definition) is 5. The second kappa shape index (κ2) is 8.79. The minimum Gasteiger partial charge on any atom is -0.301 e. The number of halogens is 1. The number of sulfonamides is 1. The van der Waals surface area contributed by atoms with Crippen molar-refractivity contribution in [2.45, 2.75) is 30.8 Å². The number of likely N-dealkylation sites (N-methyl/N-ethyl adjacent to an activating group) is 1. The summed E-state index contributed by atoms with van der Waals surface area (Å²) in [6.07, 6.45) is 0. The third-order valence-electron chi connectivity index (χ3n) is 5.02. The molecule has 1 fully saturated rings. The summed E-state index contributed by atoms with van der Waals surface area (Å²) in [6.45, 7) is 8.86. The summed E-state index contributed by atoms with van der Waals surface area (Å²) in [5.41, 5.74) is 0. The van der Waals surface area contributed by atoms with Gasteiger partial charge in [0.05, 0.1) is 10.9 Å². The topological polar surface area (TPSA) is 52.6 Å². The first-order chi connectivity index (χ1) is 12.9. The number of nitrogens with one attached hydrogen (secondary N) is 1. The third-order valence-corrected chi connectivity index (χ3v) is 7.54. The summed E-state index contributed by atoms with van der Waals surface area (Å²) in [5.74, 6) is -0.452. The zero-order chi connectivity index (χ0) is 19.4. The molecule has 0 unspecified atom stereocenters. The Kier molecular flexibility index (Phi) is 6.65. The van der Waals surface area contributed by atoms with Crippen LogP contribution in [-0.4, -0.2) is 57.0 Å². The number of piperazine rings is 1. The largest absolute Gasteiger partial charge is 0.301 e. The van der Waals surface area contributed by atoms with E-state index in [0.717, 1.165) is 37.6 Å². The molecule has 1 aliphatic rings. The van der Waals surface area contributed by atoms with Gasteiger partial charge in [0.15, 0.2) is 0 Å². The molecule has 0 radical (unpaired) electrons. The van der Waals surface area contributed by atoms with Gasteiger partial charge in [-0.05, 0) is 49.2 Å². The molecule has 0 spiro atoms. The lowest BCUT2D eigenvalue weighted by Crippen LogP contribution is -2.52. The van der Waals surface area contributed by atoms with E-state index in [1.54, 1.807) is 11.3 Å². The lowest BCUT2D eigenvalue weighted by Gasteiger charge is -2.41. The van der Waals surface area contributed by atoms with Crippen molar-refractivity contribution in [3.05, 3.63) is 52.5 Å². The van der Waals surface area contributed by atoms with Crippen molar-refractivity contribution >= 4 is 21.4 Å². The van der Waals surface area contributed by atoms with Crippen LogP contribution in [0.4, 0.5) is 4.39 Å². The molecule has 148 valence electrons. The fourth-order valence-electron chi connectivity index (χ4n) is 3.55. The molecule has 1 aromatic heterocycles. The van der Waals surface area contributed by atoms with Crippen molar-refractivity contribution < 1.29 is 12.8 Å². The second-order valence-corrected chi connectivity index (χ2v) is 9.49. The van der Waals surface area contributed by atoms with Gasteiger partial charge in [0.25, 0.3) is 0 Å². The van der Waals surface area contributed by atoms with Crippen molar-refractivity contribution in [3.8, 4) is 0 Å². The number of rotatable bonds is 7. The average Bonchev–Trinajstić information content (AvgIpc) is 3.16. The maximum atomic E-state index is 13.1. The van der Waals surface area contributed by atoms with Crippen molar-refractivity contribution in [3.63, 3.8) is 0 Å². The van der Waals surface area contributed by atoms with Crippen LogP contribution in [0.25, 0.3) is 0 Å². The first kappa shape index (κ1) is 20.4. The Hall–Kier alpha value is -1.32. The first-order valence-corrected chi connectivity index (χ1v) is 11.5. The summed E-state index contributed by atoms with van der Waals surface area (Å²) in [4.78, 5) is 5.98. The maximum Gasteiger partial charge on any atom is 0.240 e. The van der Waals surface area contributed by atoms with E-state index in [-0.39, 0.29) is 17.0 Å². The van der Waals surface area contributed by atoms with Crippen LogP contribution in [0.3, 0.4) is 0 Å². The van der Waals surface area contributed by atoms with Crippen LogP contribution < -0.4 is 4.72 Å². The molecule has 1 aromatic carbocycles. The summed E-state index contributed by atoms with van der Waals surface area (Å²) in [7, 11) is -3.72. The number of hydrogen-bond donors (Lipinski definition) is 1. The van der Waals surface area contributed by atoms with Crippen molar-refractivity contribution in [1.82, 2.24) is 14.5 Å². The van der Waals surface area contributed by atoms with E-state index >= 15 is 0 Å². The van der Waals surface area contributed by atoms with Crippen LogP contribution in [-0.2, 0) is 10.0 Å². The molecule has 2 heterocycles. The normalized spacial score (nSPS) is 19.1. The molecule has 0 aliphatic carbocycles. The number of thiophene rings is 1. The molecule has 2 aromatic rings. The van der Waals surface area contributed by atoms with Crippen molar-refractivity contribution in [2.75, 3.05) is 32.7 Å². The van der Waals surface area contributed by atoms with E-state index in [0.29, 0.717) is 0 Å². The van der Waals surface area contributed by atoms with Gasteiger partial charge >= 0.3 is 0 Å². The highest BCUT2D eigenvalue weighted by Gasteiger charge is 2.32. The maximum absolute atomic E-state index is 13.1. The summed E-state index contributed by atoms with van der Waals surface area (Å²) in [6, 6.07) is 8.64. The van der Waals surface area contributed by atoms with Gasteiger partial charge in [0.2, 0.25) is 10.0 Å². The van der Waals surface area contributed by atoms with Gasteiger partial charge in [0.1, 0.15) is 5.82 Å². The van der Waals surface area contributed by atoms with Gasteiger partial charge in [-0.3, -0.25) is 4.90 Å². The smallest absolute Gasteiger partial charge is 0.240 e. The lowest BCUT2D eigenvalue weighted by molar-refractivity contribution is 0.0888. The van der Waals surface area contributed by atoms with Crippen molar-refractivity contribution in [1.29, 1.82) is 0 Å². The third kappa shape index (κ3) is 4.94. The molecule has 0 bridgehead atoms. The van der Waals surface area contributed by atoms with Gasteiger partial charge < -0.3 is 4.90 Å². The molecule has 1 aliphatic heterocycles. The van der Waals surface area contributed by atoms with Crippen LogP contribution in [0.2, 0.25) is 0 Å². The summed E-state index contributed by atoms with van der Waals surface area (Å²) >= 11 is 1.64. The molecular weight excluding hydrogens is 385 g/mol. The van der Waals surface area contributed by atoms with Gasteiger partial charge in [-0.15, -0.1) is 11.3 Å². The Bertz CT molecular complexity index is 817. The SMILES string of the molecule is CCN1CCN([C@@H](c2cccs2)[C@H](C)NS(=O)(=O)c2ccc(F)cc2)CC1. The zero-order valence-electron chi connectivity index (χ0n) is 15.6. The highest BCUT2D eigenvalue weighted by Crippen LogP contribution is 2.30. The Labute approximate surface area is 164 Å². The number of nitrogens with zero attached hydrogens (tertiary/aromatic N) is 2. The molecule has 8 heteroatoms. The van der Waals surface area contributed by atoms with Crippen LogP contribution in [0.15, 0.2) is 46.7 Å². The van der Waals surface area contributed by atoms with E-state index in [2.05, 4.69) is 27.5 Å². The van der Waals surface area contributed by atoms with E-state index in [9.17, 15) is 12.8 Å². The molecule has 2 atom stereocenters. The Balaban J connectivity index is 1.79. The Morgan fingerprint density at radius 1 is 1.15 bits per heavy atom. The number of benzene rings is 1. The minimum atomic E-state index is -3.72. The minimum absolute atomic E-state index is 0.0285. The van der Waals surface area contributed by atoms with Gasteiger partial charge in [0, 0.05) is 37.1 Å². The predicted molar refractivity (Wildman–Crippen MR) is 107 cm³/mol. The first-order valence-electron chi connectivity index (χ1n) is 9.18. The molecule has 1 N–H and O–H groups in total. The van der Waals surface area contributed by atoms with E-state index in [4.69, 9.17) is 0 Å². The van der Waals surface area contributed by atoms with E-state index in [1.807, 2.05) is 18.4 Å². The highest BCUT2D eigenvalue weighted by molar-refractivity contribution is 7.89. The molecular formula is C19H26FN3O2S2. The van der Waals surface area contributed by atoms with Crippen LogP contribution in [0.5, 0.6) is 0 Å². The van der Waals surface area contributed by atoms with Crippen LogP contribution >= 0.6 is 11.3 Å². The van der Waals surface area contributed by atoms with Crippen LogP contribution in [0, 0.1) is 5.82 Å². The zero-order valence-corrected chi connectivity index (χ0v) is 17.3. The molecule has 1 saturated heterocycles.